The molecule has 21 heavy (non-hydrogen) atoms. The fourth-order valence-corrected chi connectivity index (χ4v) is 2.04. The Morgan fingerprint density at radius 1 is 1.00 bits per heavy atom. The fourth-order valence-electron chi connectivity index (χ4n) is 1.82. The molecule has 0 aliphatic heterocycles. The van der Waals surface area contributed by atoms with Gasteiger partial charge in [-0.25, -0.2) is 4.39 Å². The average molecular weight is 310 g/mol. The Morgan fingerprint density at radius 2 is 1.71 bits per heavy atom. The molecule has 112 valence electrons. The van der Waals surface area contributed by atoms with E-state index in [-0.39, 0.29) is 10.8 Å². The van der Waals surface area contributed by atoms with E-state index in [1.165, 1.54) is 23.8 Å². The number of hydrogen-bond acceptors (Lipinski definition) is 3. The first-order valence-electron chi connectivity index (χ1n) is 6.68. The highest BCUT2D eigenvalue weighted by Crippen LogP contribution is 2.24. The molecule has 5 heteroatoms. The van der Waals surface area contributed by atoms with Crippen LogP contribution in [0.2, 0.25) is 5.02 Å². The predicted octanol–water partition coefficient (Wildman–Crippen LogP) is 3.44. The maximum atomic E-state index is 12.9. The van der Waals surface area contributed by atoms with Crippen LogP contribution in [0.1, 0.15) is 5.56 Å². The van der Waals surface area contributed by atoms with Gasteiger partial charge in [0.1, 0.15) is 30.5 Å². The third-order valence-electron chi connectivity index (χ3n) is 2.86. The SMILES string of the molecule is NCCc1ccc(OCCOc2ccc(F)cc2Cl)cc1. The van der Waals surface area contributed by atoms with Crippen molar-refractivity contribution in [2.75, 3.05) is 19.8 Å². The normalized spacial score (nSPS) is 10.4. The summed E-state index contributed by atoms with van der Waals surface area (Å²) in [5, 5.41) is 0.251. The third kappa shape index (κ3) is 4.92. The van der Waals surface area contributed by atoms with Gasteiger partial charge in [0.15, 0.2) is 0 Å². The molecule has 0 heterocycles. The maximum Gasteiger partial charge on any atom is 0.138 e. The quantitative estimate of drug-likeness (QED) is 0.797. The molecule has 0 bridgehead atoms. The molecule has 0 aromatic heterocycles. The number of halogens is 2. The Hall–Kier alpha value is -1.78. The molecule has 0 radical (unpaired) electrons. The second-order valence-electron chi connectivity index (χ2n) is 4.45. The molecule has 2 rings (SSSR count). The minimum atomic E-state index is -0.388. The van der Waals surface area contributed by atoms with Crippen LogP contribution in [0.25, 0.3) is 0 Å². The Morgan fingerprint density at radius 3 is 2.38 bits per heavy atom. The van der Waals surface area contributed by atoms with Crippen LogP contribution in [0.15, 0.2) is 42.5 Å². The molecule has 2 N–H and O–H groups in total. The summed E-state index contributed by atoms with van der Waals surface area (Å²) < 4.78 is 23.9. The lowest BCUT2D eigenvalue weighted by Gasteiger charge is -2.10. The van der Waals surface area contributed by atoms with Crippen LogP contribution in [0.3, 0.4) is 0 Å². The maximum absolute atomic E-state index is 12.9. The van der Waals surface area contributed by atoms with E-state index in [1.54, 1.807) is 0 Å². The molecule has 0 amide bonds. The molecular formula is C16H17ClFNO2. The molecule has 0 aliphatic rings. The number of hydrogen-bond donors (Lipinski definition) is 1. The number of nitrogens with two attached hydrogens (primary N) is 1. The van der Waals surface area contributed by atoms with E-state index in [0.29, 0.717) is 25.5 Å². The molecule has 0 unspecified atom stereocenters. The van der Waals surface area contributed by atoms with Crippen molar-refractivity contribution in [2.24, 2.45) is 5.73 Å². The van der Waals surface area contributed by atoms with Gasteiger partial charge in [0, 0.05) is 0 Å². The molecule has 0 atom stereocenters. The highest BCUT2D eigenvalue weighted by molar-refractivity contribution is 6.32. The van der Waals surface area contributed by atoms with Gasteiger partial charge in [0.2, 0.25) is 0 Å². The summed E-state index contributed by atoms with van der Waals surface area (Å²) in [7, 11) is 0. The number of benzene rings is 2. The van der Waals surface area contributed by atoms with Gasteiger partial charge in [-0.1, -0.05) is 23.7 Å². The summed E-state index contributed by atoms with van der Waals surface area (Å²) in [5.41, 5.74) is 6.67. The zero-order valence-electron chi connectivity index (χ0n) is 11.5. The number of ether oxygens (including phenoxy) is 2. The molecule has 0 aliphatic carbocycles. The van der Waals surface area contributed by atoms with Gasteiger partial charge in [-0.2, -0.15) is 0 Å². The van der Waals surface area contributed by atoms with E-state index in [0.717, 1.165) is 12.2 Å². The highest BCUT2D eigenvalue weighted by Gasteiger charge is 2.03. The summed E-state index contributed by atoms with van der Waals surface area (Å²) >= 11 is 5.86. The molecule has 2 aromatic rings. The van der Waals surface area contributed by atoms with Gasteiger partial charge in [-0.15, -0.1) is 0 Å². The lowest BCUT2D eigenvalue weighted by Crippen LogP contribution is -2.09. The second-order valence-corrected chi connectivity index (χ2v) is 4.86. The van der Waals surface area contributed by atoms with Crippen LogP contribution in [0.4, 0.5) is 4.39 Å². The van der Waals surface area contributed by atoms with Gasteiger partial charge >= 0.3 is 0 Å². The molecule has 0 saturated carbocycles. The molecule has 0 saturated heterocycles. The number of rotatable bonds is 7. The minimum Gasteiger partial charge on any atom is -0.490 e. The Kier molecular flexibility index (Phi) is 5.84. The van der Waals surface area contributed by atoms with E-state index in [4.69, 9.17) is 26.8 Å². The average Bonchev–Trinajstić information content (AvgIpc) is 2.47. The first-order valence-corrected chi connectivity index (χ1v) is 7.06. The highest BCUT2D eigenvalue weighted by atomic mass is 35.5. The zero-order chi connectivity index (χ0) is 15.1. The topological polar surface area (TPSA) is 44.5 Å². The summed E-state index contributed by atoms with van der Waals surface area (Å²) in [6.45, 7) is 1.34. The molecule has 0 fully saturated rings. The summed E-state index contributed by atoms with van der Waals surface area (Å²) in [6.07, 6.45) is 0.854. The first-order chi connectivity index (χ1) is 10.2. The zero-order valence-corrected chi connectivity index (χ0v) is 12.3. The van der Waals surface area contributed by atoms with Crippen molar-refractivity contribution >= 4 is 11.6 Å². The van der Waals surface area contributed by atoms with Gasteiger partial charge < -0.3 is 15.2 Å². The Labute approximate surface area is 128 Å². The van der Waals surface area contributed by atoms with Crippen molar-refractivity contribution in [3.05, 3.63) is 58.9 Å². The lowest BCUT2D eigenvalue weighted by atomic mass is 10.1. The fraction of sp³-hybridized carbons (Fsp3) is 0.250. The van der Waals surface area contributed by atoms with E-state index < -0.39 is 0 Å². The van der Waals surface area contributed by atoms with Crippen LogP contribution >= 0.6 is 11.6 Å². The van der Waals surface area contributed by atoms with Gasteiger partial charge in [-0.05, 0) is 48.9 Å². The van der Waals surface area contributed by atoms with Crippen molar-refractivity contribution in [3.63, 3.8) is 0 Å². The van der Waals surface area contributed by atoms with E-state index >= 15 is 0 Å². The summed E-state index contributed by atoms with van der Waals surface area (Å²) in [6, 6.07) is 11.8. The molecule has 3 nitrogen and oxygen atoms in total. The van der Waals surface area contributed by atoms with Gasteiger partial charge in [0.25, 0.3) is 0 Å². The Balaban J connectivity index is 1.76. The van der Waals surface area contributed by atoms with Gasteiger partial charge in [0.05, 0.1) is 5.02 Å². The summed E-state index contributed by atoms with van der Waals surface area (Å²) in [5.74, 6) is 0.825. The van der Waals surface area contributed by atoms with Crippen LogP contribution in [-0.2, 0) is 6.42 Å². The van der Waals surface area contributed by atoms with E-state index in [9.17, 15) is 4.39 Å². The van der Waals surface area contributed by atoms with Crippen LogP contribution < -0.4 is 15.2 Å². The van der Waals surface area contributed by atoms with E-state index in [2.05, 4.69) is 0 Å². The van der Waals surface area contributed by atoms with Crippen LogP contribution in [0, 0.1) is 5.82 Å². The largest absolute Gasteiger partial charge is 0.490 e. The van der Waals surface area contributed by atoms with Crippen molar-refractivity contribution < 1.29 is 13.9 Å². The first kappa shape index (κ1) is 15.6. The molecule has 2 aromatic carbocycles. The standard InChI is InChI=1S/C16H17ClFNO2/c17-15-11-13(18)3-6-16(15)21-10-9-20-14-4-1-12(2-5-14)7-8-19/h1-6,11H,7-10,19H2. The summed E-state index contributed by atoms with van der Waals surface area (Å²) in [4.78, 5) is 0. The minimum absolute atomic E-state index is 0.251. The van der Waals surface area contributed by atoms with Crippen LogP contribution in [0.5, 0.6) is 11.5 Å². The van der Waals surface area contributed by atoms with Crippen molar-refractivity contribution in [1.82, 2.24) is 0 Å². The molecule has 0 spiro atoms. The second kappa shape index (κ2) is 7.86. The smallest absolute Gasteiger partial charge is 0.138 e. The van der Waals surface area contributed by atoms with Crippen molar-refractivity contribution in [1.29, 1.82) is 0 Å². The van der Waals surface area contributed by atoms with Gasteiger partial charge in [-0.3, -0.25) is 0 Å². The third-order valence-corrected chi connectivity index (χ3v) is 3.16. The molecular weight excluding hydrogens is 293 g/mol. The van der Waals surface area contributed by atoms with E-state index in [1.807, 2.05) is 24.3 Å². The Bertz CT molecular complexity index is 575. The van der Waals surface area contributed by atoms with Crippen LogP contribution in [-0.4, -0.2) is 19.8 Å². The lowest BCUT2D eigenvalue weighted by molar-refractivity contribution is 0.217. The predicted molar refractivity (Wildman–Crippen MR) is 81.6 cm³/mol. The van der Waals surface area contributed by atoms with Crippen molar-refractivity contribution in [3.8, 4) is 11.5 Å². The van der Waals surface area contributed by atoms with Crippen molar-refractivity contribution in [2.45, 2.75) is 6.42 Å². The monoisotopic (exact) mass is 309 g/mol.